The molecule has 2 nitrogen and oxygen atoms in total. The molecule has 1 aromatic heterocycles. The normalized spacial score (nSPS) is 13.1. The fraction of sp³-hybridized carbons (Fsp3) is 0.679. The molecule has 2 rings (SSSR count). The zero-order chi connectivity index (χ0) is 31.1. The van der Waals surface area contributed by atoms with Crippen molar-refractivity contribution in [2.45, 2.75) is 121 Å². The summed E-state index contributed by atoms with van der Waals surface area (Å²) in [6.45, 7) is 5.60. The molecule has 0 spiro atoms. The van der Waals surface area contributed by atoms with E-state index >= 15 is 0 Å². The maximum absolute atomic E-state index is 13.6. The summed E-state index contributed by atoms with van der Waals surface area (Å²) >= 11 is 12.7. The van der Waals surface area contributed by atoms with Crippen molar-refractivity contribution in [3.8, 4) is 0 Å². The molecule has 1 aromatic carbocycles. The predicted octanol–water partition coefficient (Wildman–Crippen LogP) is 7.63. The average Bonchev–Trinajstić information content (AvgIpc) is 3.26. The van der Waals surface area contributed by atoms with Crippen LogP contribution in [0.25, 0.3) is 0 Å². The highest BCUT2D eigenvalue weighted by Gasteiger charge is 2.81. The molecular formula is C28H36Cl3F9N2. The molecule has 0 bridgehead atoms. The summed E-state index contributed by atoms with van der Waals surface area (Å²) in [5, 5.41) is 1.22. The standard InChI is InChI=1S/C28H36Cl2F9N2.ClH/c1-20(2)24-40(17-18-41(24)19-21-22(29)13-12-14-23(21)30)16-11-9-7-5-3-4-6-8-10-15-25(31,32)26(33,34)27(35,36)28(37,38)39;/h12-14,17-18,20H,3-11,15-16,19H2,1-2H3;1H/q+1;/p-1. The molecule has 0 aliphatic heterocycles. The van der Waals surface area contributed by atoms with E-state index in [2.05, 4.69) is 23.0 Å². The van der Waals surface area contributed by atoms with Gasteiger partial charge in [-0.05, 0) is 31.4 Å². The molecule has 0 unspecified atom stereocenters. The molecule has 42 heavy (non-hydrogen) atoms. The van der Waals surface area contributed by atoms with Gasteiger partial charge >= 0.3 is 23.9 Å². The lowest BCUT2D eigenvalue weighted by atomic mass is 9.97. The molecule has 0 aliphatic carbocycles. The molecule has 0 saturated carbocycles. The van der Waals surface area contributed by atoms with E-state index < -0.39 is 36.8 Å². The van der Waals surface area contributed by atoms with E-state index in [9.17, 15) is 39.5 Å². The number of rotatable bonds is 17. The molecule has 0 amide bonds. The smallest absolute Gasteiger partial charge is 0.460 e. The first-order valence-electron chi connectivity index (χ1n) is 13.7. The van der Waals surface area contributed by atoms with Crippen LogP contribution in [0.5, 0.6) is 0 Å². The molecule has 0 N–H and O–H groups in total. The van der Waals surface area contributed by atoms with E-state index in [0.29, 0.717) is 29.4 Å². The largest absolute Gasteiger partial charge is 1.00 e. The molecule has 0 aliphatic rings. The van der Waals surface area contributed by atoms with E-state index in [-0.39, 0.29) is 24.7 Å². The summed E-state index contributed by atoms with van der Waals surface area (Å²) in [4.78, 5) is 0. The van der Waals surface area contributed by atoms with Crippen molar-refractivity contribution < 1.29 is 56.5 Å². The fourth-order valence-electron chi connectivity index (χ4n) is 4.75. The van der Waals surface area contributed by atoms with Gasteiger partial charge < -0.3 is 12.4 Å². The topological polar surface area (TPSA) is 8.81 Å². The van der Waals surface area contributed by atoms with E-state index in [1.807, 2.05) is 24.5 Å². The Morgan fingerprint density at radius 3 is 1.69 bits per heavy atom. The Bertz CT molecular complexity index is 1080. The molecule has 2 aromatic rings. The SMILES string of the molecule is CC(C)c1n(CCCCCCCCCCCC(F)(F)C(F)(F)C(F)(F)C(F)(F)F)cc[n+]1Cc1c(Cl)cccc1Cl.[Cl-]. The van der Waals surface area contributed by atoms with Crippen LogP contribution in [0.15, 0.2) is 30.6 Å². The number of aromatic nitrogens is 2. The van der Waals surface area contributed by atoms with E-state index in [4.69, 9.17) is 23.2 Å². The molecule has 14 heteroatoms. The summed E-state index contributed by atoms with van der Waals surface area (Å²) in [6.07, 6.45) is 0.492. The van der Waals surface area contributed by atoms with Crippen LogP contribution in [-0.4, -0.2) is 28.5 Å². The van der Waals surface area contributed by atoms with Crippen LogP contribution in [-0.2, 0) is 13.1 Å². The fourth-order valence-corrected chi connectivity index (χ4v) is 5.27. The number of alkyl halides is 9. The van der Waals surface area contributed by atoms with Gasteiger partial charge in [-0.2, -0.15) is 39.5 Å². The third kappa shape index (κ3) is 9.58. The van der Waals surface area contributed by atoms with Crippen LogP contribution < -0.4 is 17.0 Å². The van der Waals surface area contributed by atoms with Gasteiger partial charge in [0.15, 0.2) is 0 Å². The molecule has 0 saturated heterocycles. The molecule has 242 valence electrons. The lowest BCUT2D eigenvalue weighted by molar-refractivity contribution is -0.696. The average molecular weight is 678 g/mol. The lowest BCUT2D eigenvalue weighted by Gasteiger charge is -2.33. The first-order valence-corrected chi connectivity index (χ1v) is 14.4. The maximum atomic E-state index is 13.6. The first kappa shape index (κ1) is 38.7. The third-order valence-electron chi connectivity index (χ3n) is 7.02. The minimum Gasteiger partial charge on any atom is -1.00 e. The van der Waals surface area contributed by atoms with Crippen molar-refractivity contribution in [3.63, 3.8) is 0 Å². The van der Waals surface area contributed by atoms with Crippen molar-refractivity contribution in [2.24, 2.45) is 0 Å². The molecular weight excluding hydrogens is 642 g/mol. The summed E-state index contributed by atoms with van der Waals surface area (Å²) in [5.74, 6) is -17.4. The highest BCUT2D eigenvalue weighted by Crippen LogP contribution is 2.54. The van der Waals surface area contributed by atoms with Crippen LogP contribution in [0.1, 0.15) is 95.4 Å². The summed E-state index contributed by atoms with van der Waals surface area (Å²) < 4.78 is 120. The number of unbranched alkanes of at least 4 members (excludes halogenated alkanes) is 8. The Morgan fingerprint density at radius 2 is 1.21 bits per heavy atom. The maximum Gasteiger partial charge on any atom is 0.460 e. The summed E-state index contributed by atoms with van der Waals surface area (Å²) in [5.41, 5.74) is 0.857. The second-order valence-electron chi connectivity index (χ2n) is 10.6. The number of imidazole rings is 1. The van der Waals surface area contributed by atoms with Gasteiger partial charge in [0.1, 0.15) is 18.9 Å². The lowest BCUT2D eigenvalue weighted by Crippen LogP contribution is -3.00. The third-order valence-corrected chi connectivity index (χ3v) is 7.73. The van der Waals surface area contributed by atoms with Crippen LogP contribution in [0.4, 0.5) is 39.5 Å². The van der Waals surface area contributed by atoms with E-state index in [1.54, 1.807) is 6.07 Å². The highest BCUT2D eigenvalue weighted by molar-refractivity contribution is 6.35. The zero-order valence-corrected chi connectivity index (χ0v) is 25.6. The van der Waals surface area contributed by atoms with Crippen molar-refractivity contribution in [1.82, 2.24) is 4.57 Å². The molecule has 1 heterocycles. The van der Waals surface area contributed by atoms with Crippen molar-refractivity contribution in [3.05, 3.63) is 52.0 Å². The van der Waals surface area contributed by atoms with Gasteiger partial charge in [0.2, 0.25) is 0 Å². The number of benzene rings is 1. The number of nitrogens with zero attached hydrogens (tertiary/aromatic N) is 2. The van der Waals surface area contributed by atoms with Crippen molar-refractivity contribution >= 4 is 23.2 Å². The van der Waals surface area contributed by atoms with Crippen LogP contribution >= 0.6 is 23.2 Å². The first-order chi connectivity index (χ1) is 18.9. The van der Waals surface area contributed by atoms with Crippen LogP contribution in [0.3, 0.4) is 0 Å². The van der Waals surface area contributed by atoms with E-state index in [0.717, 1.165) is 50.0 Å². The van der Waals surface area contributed by atoms with E-state index in [1.165, 1.54) is 0 Å². The Hall–Kier alpha value is -1.33. The molecule has 0 atom stereocenters. The minimum absolute atomic E-state index is 0. The highest BCUT2D eigenvalue weighted by atomic mass is 35.5. The zero-order valence-electron chi connectivity index (χ0n) is 23.4. The quantitative estimate of drug-likeness (QED) is 0.0926. The summed E-state index contributed by atoms with van der Waals surface area (Å²) in [7, 11) is 0. The Kier molecular flexibility index (Phi) is 14.8. The summed E-state index contributed by atoms with van der Waals surface area (Å²) in [6, 6.07) is 5.42. The van der Waals surface area contributed by atoms with Crippen molar-refractivity contribution in [2.75, 3.05) is 0 Å². The van der Waals surface area contributed by atoms with Gasteiger partial charge in [0, 0.05) is 22.0 Å². The number of hydrogen-bond donors (Lipinski definition) is 0. The Morgan fingerprint density at radius 1 is 0.738 bits per heavy atom. The number of halogens is 12. The van der Waals surface area contributed by atoms with Gasteiger partial charge in [0.25, 0.3) is 5.82 Å². The van der Waals surface area contributed by atoms with Crippen molar-refractivity contribution in [1.29, 1.82) is 0 Å². The van der Waals surface area contributed by atoms with Crippen LogP contribution in [0.2, 0.25) is 10.0 Å². The number of aryl methyl sites for hydroxylation is 1. The Labute approximate surface area is 257 Å². The molecule has 0 radical (unpaired) electrons. The second kappa shape index (κ2) is 16.1. The monoisotopic (exact) mass is 676 g/mol. The van der Waals surface area contributed by atoms with Crippen LogP contribution in [0, 0.1) is 0 Å². The van der Waals surface area contributed by atoms with Gasteiger partial charge in [-0.25, -0.2) is 9.13 Å². The van der Waals surface area contributed by atoms with Gasteiger partial charge in [-0.15, -0.1) is 0 Å². The van der Waals surface area contributed by atoms with Gasteiger partial charge in [0.05, 0.1) is 12.5 Å². The predicted molar refractivity (Wildman–Crippen MR) is 141 cm³/mol. The van der Waals surface area contributed by atoms with Gasteiger partial charge in [-0.3, -0.25) is 0 Å². The Balaban J connectivity index is 0.00000882. The van der Waals surface area contributed by atoms with Gasteiger partial charge in [-0.1, -0.05) is 81.6 Å². The molecule has 0 fully saturated rings. The minimum atomic E-state index is -6.81. The number of hydrogen-bond acceptors (Lipinski definition) is 0. The second-order valence-corrected chi connectivity index (χ2v) is 11.4.